The van der Waals surface area contributed by atoms with Gasteiger partial charge in [0.25, 0.3) is 0 Å². The maximum Gasteiger partial charge on any atom is 0.165 e. The largest absolute Gasteiger partial charge is 0.376 e. The van der Waals surface area contributed by atoms with E-state index in [0.717, 1.165) is 25.7 Å². The smallest absolute Gasteiger partial charge is 0.165 e. The summed E-state index contributed by atoms with van der Waals surface area (Å²) < 4.78 is 0. The van der Waals surface area contributed by atoms with Crippen LogP contribution < -0.4 is 22.1 Å². The molecule has 0 aliphatic heterocycles. The first-order chi connectivity index (χ1) is 8.81. The Labute approximate surface area is 128 Å². The highest BCUT2D eigenvalue weighted by molar-refractivity contribution is 7.80. The van der Waals surface area contributed by atoms with Crippen molar-refractivity contribution in [2.45, 2.75) is 65.0 Å². The van der Waals surface area contributed by atoms with Crippen LogP contribution in [0.25, 0.3) is 0 Å². The normalized spacial score (nSPS) is 11.4. The maximum absolute atomic E-state index is 5.66. The van der Waals surface area contributed by atoms with E-state index in [1.807, 2.05) is 0 Å². The highest BCUT2D eigenvalue weighted by Gasteiger charge is 2.30. The quantitative estimate of drug-likeness (QED) is 0.298. The standard InChI is InChI=1S/C13H28N4S2/c1-4-5-6-8-13(16-11(14)18,17-12(15)19)9-7-10(2)3/h10H,4-9H2,1-3H3,(H3,14,16,18)(H3,15,17,19). The molecular formula is C13H28N4S2. The third kappa shape index (κ3) is 8.99. The lowest BCUT2D eigenvalue weighted by molar-refractivity contribution is 0.269. The Morgan fingerprint density at radius 1 is 1.05 bits per heavy atom. The zero-order valence-corrected chi connectivity index (χ0v) is 13.9. The van der Waals surface area contributed by atoms with Crippen LogP contribution in [0.1, 0.15) is 59.3 Å². The molecule has 0 aliphatic rings. The van der Waals surface area contributed by atoms with E-state index in [1.165, 1.54) is 12.8 Å². The van der Waals surface area contributed by atoms with Crippen LogP contribution in [0.3, 0.4) is 0 Å². The van der Waals surface area contributed by atoms with Gasteiger partial charge in [-0.3, -0.25) is 0 Å². The van der Waals surface area contributed by atoms with Gasteiger partial charge in [-0.05, 0) is 56.0 Å². The van der Waals surface area contributed by atoms with Crippen LogP contribution >= 0.6 is 24.4 Å². The average Bonchev–Trinajstić information content (AvgIpc) is 2.25. The Morgan fingerprint density at radius 3 is 1.95 bits per heavy atom. The summed E-state index contributed by atoms with van der Waals surface area (Å²) in [6.07, 6.45) is 6.27. The van der Waals surface area contributed by atoms with Crippen molar-refractivity contribution in [2.75, 3.05) is 0 Å². The summed E-state index contributed by atoms with van der Waals surface area (Å²) >= 11 is 10.00. The number of hydrogen-bond acceptors (Lipinski definition) is 2. The molecule has 0 amide bonds. The fraction of sp³-hybridized carbons (Fsp3) is 0.846. The fourth-order valence-corrected chi connectivity index (χ4v) is 2.48. The van der Waals surface area contributed by atoms with Crippen LogP contribution in [0.5, 0.6) is 0 Å². The van der Waals surface area contributed by atoms with Crippen LogP contribution in [-0.4, -0.2) is 15.9 Å². The summed E-state index contributed by atoms with van der Waals surface area (Å²) in [5.74, 6) is 0.604. The molecule has 6 N–H and O–H groups in total. The molecule has 6 heteroatoms. The SMILES string of the molecule is CCCCCC(CCC(C)C)(NC(N)=S)NC(N)=S. The average molecular weight is 305 g/mol. The lowest BCUT2D eigenvalue weighted by Gasteiger charge is -2.37. The number of thiocarbonyl (C=S) groups is 2. The summed E-state index contributed by atoms with van der Waals surface area (Å²) in [5, 5.41) is 6.90. The molecule has 0 saturated heterocycles. The fourth-order valence-electron chi connectivity index (χ4n) is 2.09. The zero-order valence-electron chi connectivity index (χ0n) is 12.3. The van der Waals surface area contributed by atoms with Crippen molar-refractivity contribution in [2.24, 2.45) is 17.4 Å². The molecule has 0 aromatic rings. The first kappa shape index (κ1) is 18.4. The number of hydrogen-bond donors (Lipinski definition) is 4. The number of rotatable bonds is 9. The van der Waals surface area contributed by atoms with Gasteiger partial charge in [0.15, 0.2) is 10.2 Å². The highest BCUT2D eigenvalue weighted by atomic mass is 32.1. The molecule has 0 aromatic carbocycles. The minimum Gasteiger partial charge on any atom is -0.376 e. The molecule has 0 bridgehead atoms. The molecular weight excluding hydrogens is 276 g/mol. The predicted molar refractivity (Wildman–Crippen MR) is 90.8 cm³/mol. The summed E-state index contributed by atoms with van der Waals surface area (Å²) in [4.78, 5) is 0. The zero-order chi connectivity index (χ0) is 14.9. The molecule has 0 aliphatic carbocycles. The summed E-state index contributed by atoms with van der Waals surface area (Å²) in [7, 11) is 0. The van der Waals surface area contributed by atoms with Gasteiger partial charge in [0.1, 0.15) is 5.66 Å². The molecule has 4 nitrogen and oxygen atoms in total. The number of unbranched alkanes of at least 4 members (excludes halogenated alkanes) is 2. The van der Waals surface area contributed by atoms with Gasteiger partial charge in [-0.1, -0.05) is 33.6 Å². The monoisotopic (exact) mass is 304 g/mol. The molecule has 0 unspecified atom stereocenters. The Morgan fingerprint density at radius 2 is 1.58 bits per heavy atom. The van der Waals surface area contributed by atoms with Gasteiger partial charge < -0.3 is 22.1 Å². The lowest BCUT2D eigenvalue weighted by atomic mass is 9.92. The van der Waals surface area contributed by atoms with Crippen molar-refractivity contribution in [3.05, 3.63) is 0 Å². The van der Waals surface area contributed by atoms with E-state index in [1.54, 1.807) is 0 Å². The van der Waals surface area contributed by atoms with Crippen LogP contribution in [0.4, 0.5) is 0 Å². The molecule has 0 heterocycles. The van der Waals surface area contributed by atoms with E-state index in [-0.39, 0.29) is 10.2 Å². The van der Waals surface area contributed by atoms with E-state index in [9.17, 15) is 0 Å². The maximum atomic E-state index is 5.66. The van der Waals surface area contributed by atoms with Gasteiger partial charge in [-0.2, -0.15) is 0 Å². The molecule has 19 heavy (non-hydrogen) atoms. The second kappa shape index (κ2) is 9.31. The number of nitrogens with two attached hydrogens (primary N) is 2. The summed E-state index contributed by atoms with van der Waals surface area (Å²) in [6.45, 7) is 6.56. The topological polar surface area (TPSA) is 76.1 Å². The van der Waals surface area contributed by atoms with Crippen molar-refractivity contribution in [3.8, 4) is 0 Å². The molecule has 0 rings (SSSR count). The van der Waals surface area contributed by atoms with E-state index in [4.69, 9.17) is 35.9 Å². The first-order valence-corrected chi connectivity index (χ1v) is 7.78. The van der Waals surface area contributed by atoms with E-state index >= 15 is 0 Å². The van der Waals surface area contributed by atoms with Gasteiger partial charge in [0, 0.05) is 0 Å². The molecule has 0 saturated carbocycles. The second-order valence-electron chi connectivity index (χ2n) is 5.45. The predicted octanol–water partition coefficient (Wildman–Crippen LogP) is 2.37. The molecule has 0 aromatic heterocycles. The van der Waals surface area contributed by atoms with Gasteiger partial charge in [-0.25, -0.2) is 0 Å². The van der Waals surface area contributed by atoms with Crippen molar-refractivity contribution < 1.29 is 0 Å². The van der Waals surface area contributed by atoms with E-state index in [0.29, 0.717) is 5.92 Å². The van der Waals surface area contributed by atoms with Crippen molar-refractivity contribution in [3.63, 3.8) is 0 Å². The molecule has 0 atom stereocenters. The Bertz CT molecular complexity index is 276. The van der Waals surface area contributed by atoms with Gasteiger partial charge in [0.05, 0.1) is 0 Å². The van der Waals surface area contributed by atoms with E-state index in [2.05, 4.69) is 31.4 Å². The molecule has 0 spiro atoms. The Kier molecular flexibility index (Phi) is 9.01. The van der Waals surface area contributed by atoms with Crippen molar-refractivity contribution >= 4 is 34.7 Å². The third-order valence-corrected chi connectivity index (χ3v) is 3.28. The van der Waals surface area contributed by atoms with Crippen LogP contribution in [-0.2, 0) is 0 Å². The minimum absolute atomic E-state index is 0.281. The molecule has 0 radical (unpaired) electrons. The molecule has 112 valence electrons. The highest BCUT2D eigenvalue weighted by Crippen LogP contribution is 2.21. The van der Waals surface area contributed by atoms with Crippen LogP contribution in [0, 0.1) is 5.92 Å². The van der Waals surface area contributed by atoms with E-state index < -0.39 is 5.66 Å². The van der Waals surface area contributed by atoms with Gasteiger partial charge >= 0.3 is 0 Å². The lowest BCUT2D eigenvalue weighted by Crippen LogP contribution is -2.62. The second-order valence-corrected chi connectivity index (χ2v) is 6.33. The Hall–Kier alpha value is -0.620. The Balaban J connectivity index is 4.83. The van der Waals surface area contributed by atoms with Crippen molar-refractivity contribution in [1.29, 1.82) is 0 Å². The van der Waals surface area contributed by atoms with Crippen LogP contribution in [0.2, 0.25) is 0 Å². The molecule has 0 fully saturated rings. The van der Waals surface area contributed by atoms with Gasteiger partial charge in [-0.15, -0.1) is 0 Å². The first-order valence-electron chi connectivity index (χ1n) is 6.96. The number of nitrogens with one attached hydrogen (secondary N) is 2. The van der Waals surface area contributed by atoms with Crippen molar-refractivity contribution in [1.82, 2.24) is 10.6 Å². The summed E-state index contributed by atoms with van der Waals surface area (Å²) in [5.41, 5.74) is 10.9. The van der Waals surface area contributed by atoms with Crippen LogP contribution in [0.15, 0.2) is 0 Å². The summed E-state index contributed by atoms with van der Waals surface area (Å²) in [6, 6.07) is 0. The minimum atomic E-state index is -0.406. The van der Waals surface area contributed by atoms with Gasteiger partial charge in [0.2, 0.25) is 0 Å². The third-order valence-electron chi connectivity index (χ3n) is 3.08.